The van der Waals surface area contributed by atoms with E-state index in [-0.39, 0.29) is 13.2 Å². The Labute approximate surface area is 45.3 Å². The van der Waals surface area contributed by atoms with E-state index in [0.717, 1.165) is 0 Å². The van der Waals surface area contributed by atoms with Crippen LogP contribution in [0.25, 0.3) is 0 Å². The number of rotatable bonds is 0. The van der Waals surface area contributed by atoms with Crippen LogP contribution in [0.3, 0.4) is 0 Å². The molecule has 1 saturated heterocycles. The van der Waals surface area contributed by atoms with Gasteiger partial charge in [0.25, 0.3) is 0 Å². The van der Waals surface area contributed by atoms with Crippen LogP contribution in [0, 0.1) is 0 Å². The third kappa shape index (κ3) is 0.907. The van der Waals surface area contributed by atoms with Gasteiger partial charge in [-0.05, 0) is 0 Å². The summed E-state index contributed by atoms with van der Waals surface area (Å²) in [7, 11) is 0. The van der Waals surface area contributed by atoms with Gasteiger partial charge in [0.1, 0.15) is 13.2 Å². The maximum Gasteiger partial charge on any atom is 0.229 e. The lowest BCUT2D eigenvalue weighted by molar-refractivity contribution is -0.291. The monoisotopic (exact) mass is 116 g/mol. The lowest BCUT2D eigenvalue weighted by Crippen LogP contribution is -2.29. The Kier molecular flexibility index (Phi) is 1.36. The van der Waals surface area contributed by atoms with Crippen molar-refractivity contribution in [3.05, 3.63) is 0 Å². The minimum absolute atomic E-state index is 0.237. The molecule has 0 aromatic heterocycles. The molecule has 0 aromatic rings. The van der Waals surface area contributed by atoms with Crippen molar-refractivity contribution in [1.29, 1.82) is 0 Å². The van der Waals surface area contributed by atoms with Gasteiger partial charge >= 0.3 is 0 Å². The number of hydrogen-bond donors (Lipinski definition) is 0. The second-order valence-electron chi connectivity index (χ2n) is 1.37. The van der Waals surface area contributed by atoms with Crippen molar-refractivity contribution in [3.63, 3.8) is 0 Å². The van der Waals surface area contributed by atoms with Gasteiger partial charge in [0, 0.05) is 0 Å². The van der Waals surface area contributed by atoms with Gasteiger partial charge in [-0.25, -0.2) is 9.78 Å². The maximum absolute atomic E-state index is 10.2. The van der Waals surface area contributed by atoms with E-state index < -0.39 is 11.6 Å². The zero-order valence-corrected chi connectivity index (χ0v) is 4.05. The van der Waals surface area contributed by atoms with Crippen LogP contribution in [0.4, 0.5) is 0 Å². The fourth-order valence-electron chi connectivity index (χ4n) is 0.351. The summed E-state index contributed by atoms with van der Waals surface area (Å²) in [6.07, 6.45) is 0. The molecule has 0 aromatic carbocycles. The Hall–Kier alpha value is -0.740. The van der Waals surface area contributed by atoms with Gasteiger partial charge in [-0.2, -0.15) is 0 Å². The third-order valence-corrected chi connectivity index (χ3v) is 0.774. The van der Waals surface area contributed by atoms with Crippen LogP contribution in [-0.2, 0) is 19.4 Å². The van der Waals surface area contributed by atoms with Crippen molar-refractivity contribution in [3.8, 4) is 0 Å². The molecule has 0 atom stereocenters. The van der Waals surface area contributed by atoms with Crippen LogP contribution in [0.2, 0.25) is 0 Å². The summed E-state index contributed by atoms with van der Waals surface area (Å²) in [5, 5.41) is 0. The first-order valence-electron chi connectivity index (χ1n) is 2.11. The lowest BCUT2D eigenvalue weighted by Gasteiger charge is -2.05. The van der Waals surface area contributed by atoms with Crippen molar-refractivity contribution >= 4 is 11.6 Å². The molecular formula is C4H4O4. The summed E-state index contributed by atoms with van der Waals surface area (Å²) < 4.78 is 0. The molecule has 0 spiro atoms. The normalized spacial score (nSPS) is 21.5. The minimum Gasteiger partial charge on any atom is -0.288 e. The standard InChI is InChI=1S/C4H4O4/c5-3-1-7-8-2-4(3)6/h1-2H2. The molecular weight excluding hydrogens is 112 g/mol. The molecule has 4 nitrogen and oxygen atoms in total. The van der Waals surface area contributed by atoms with E-state index in [2.05, 4.69) is 9.78 Å². The quantitative estimate of drug-likeness (QED) is 0.303. The highest BCUT2D eigenvalue weighted by atomic mass is 17.2. The van der Waals surface area contributed by atoms with Gasteiger partial charge in [-0.3, -0.25) is 9.59 Å². The first kappa shape index (κ1) is 5.40. The average molecular weight is 116 g/mol. The Bertz CT molecular complexity index is 112. The molecule has 4 heteroatoms. The van der Waals surface area contributed by atoms with Gasteiger partial charge in [0.2, 0.25) is 11.6 Å². The molecule has 8 heavy (non-hydrogen) atoms. The van der Waals surface area contributed by atoms with Crippen LogP contribution in [0.15, 0.2) is 0 Å². The molecule has 0 radical (unpaired) electrons. The molecule has 0 unspecified atom stereocenters. The van der Waals surface area contributed by atoms with Crippen molar-refractivity contribution in [2.75, 3.05) is 13.2 Å². The molecule has 1 heterocycles. The molecule has 0 aliphatic carbocycles. The first-order chi connectivity index (χ1) is 3.80. The number of carbonyl (C=O) groups excluding carboxylic acids is 2. The largest absolute Gasteiger partial charge is 0.288 e. The highest BCUT2D eigenvalue weighted by Gasteiger charge is 2.19. The third-order valence-electron chi connectivity index (χ3n) is 0.774. The highest BCUT2D eigenvalue weighted by molar-refractivity contribution is 6.38. The van der Waals surface area contributed by atoms with Crippen molar-refractivity contribution in [2.24, 2.45) is 0 Å². The summed E-state index contributed by atoms with van der Waals surface area (Å²) in [5.74, 6) is -1.03. The van der Waals surface area contributed by atoms with Crippen LogP contribution in [-0.4, -0.2) is 24.8 Å². The van der Waals surface area contributed by atoms with Crippen molar-refractivity contribution in [2.45, 2.75) is 0 Å². The number of hydrogen-bond acceptors (Lipinski definition) is 4. The van der Waals surface area contributed by atoms with Gasteiger partial charge in [-0.1, -0.05) is 0 Å². The molecule has 0 N–H and O–H groups in total. The number of carbonyl (C=O) groups is 2. The first-order valence-corrected chi connectivity index (χ1v) is 2.11. The second-order valence-corrected chi connectivity index (χ2v) is 1.37. The Morgan fingerprint density at radius 2 is 1.38 bits per heavy atom. The summed E-state index contributed by atoms with van der Waals surface area (Å²) in [5.41, 5.74) is 0. The van der Waals surface area contributed by atoms with Gasteiger partial charge in [-0.15, -0.1) is 0 Å². The Morgan fingerprint density at radius 3 is 1.62 bits per heavy atom. The number of Topliss-reactive ketones (excluding diaryl/α,β-unsaturated/α-hetero) is 2. The summed E-state index contributed by atoms with van der Waals surface area (Å²) in [6.45, 7) is -0.475. The SMILES string of the molecule is O=C1COOCC1=O. The van der Waals surface area contributed by atoms with E-state index in [1.165, 1.54) is 0 Å². The smallest absolute Gasteiger partial charge is 0.229 e. The fourth-order valence-corrected chi connectivity index (χ4v) is 0.351. The van der Waals surface area contributed by atoms with E-state index in [4.69, 9.17) is 0 Å². The minimum atomic E-state index is -0.517. The van der Waals surface area contributed by atoms with Crippen LogP contribution in [0.5, 0.6) is 0 Å². The summed E-state index contributed by atoms with van der Waals surface area (Å²) >= 11 is 0. The molecule has 1 rings (SSSR count). The van der Waals surface area contributed by atoms with Gasteiger partial charge in [0.05, 0.1) is 0 Å². The van der Waals surface area contributed by atoms with Gasteiger partial charge < -0.3 is 0 Å². The molecule has 1 aliphatic rings. The number of ketones is 2. The fraction of sp³-hybridized carbons (Fsp3) is 0.500. The van der Waals surface area contributed by atoms with Crippen LogP contribution in [0.1, 0.15) is 0 Å². The van der Waals surface area contributed by atoms with Crippen molar-refractivity contribution in [1.82, 2.24) is 0 Å². The van der Waals surface area contributed by atoms with E-state index >= 15 is 0 Å². The van der Waals surface area contributed by atoms with E-state index in [9.17, 15) is 9.59 Å². The maximum atomic E-state index is 10.2. The summed E-state index contributed by atoms with van der Waals surface area (Å²) in [4.78, 5) is 28.8. The highest BCUT2D eigenvalue weighted by Crippen LogP contribution is 1.90. The Morgan fingerprint density at radius 1 is 1.00 bits per heavy atom. The van der Waals surface area contributed by atoms with E-state index in [1.807, 2.05) is 0 Å². The molecule has 0 saturated carbocycles. The second kappa shape index (κ2) is 2.02. The molecule has 0 amide bonds. The van der Waals surface area contributed by atoms with E-state index in [1.54, 1.807) is 0 Å². The van der Waals surface area contributed by atoms with Gasteiger partial charge in [0.15, 0.2) is 0 Å². The molecule has 44 valence electrons. The predicted octanol–water partition coefficient (Wildman–Crippen LogP) is -0.914. The molecule has 1 aliphatic heterocycles. The topological polar surface area (TPSA) is 52.6 Å². The molecule has 1 fully saturated rings. The molecule has 0 bridgehead atoms. The zero-order chi connectivity index (χ0) is 5.98. The lowest BCUT2D eigenvalue weighted by atomic mass is 10.3. The van der Waals surface area contributed by atoms with Crippen LogP contribution < -0.4 is 0 Å². The van der Waals surface area contributed by atoms with Crippen molar-refractivity contribution < 1.29 is 19.4 Å². The summed E-state index contributed by atoms with van der Waals surface area (Å²) in [6, 6.07) is 0. The Balaban J connectivity index is 2.52. The van der Waals surface area contributed by atoms with E-state index in [0.29, 0.717) is 0 Å². The predicted molar refractivity (Wildman–Crippen MR) is 21.9 cm³/mol. The average Bonchev–Trinajstić information content (AvgIpc) is 1.77. The van der Waals surface area contributed by atoms with Crippen LogP contribution >= 0.6 is 0 Å². The zero-order valence-electron chi connectivity index (χ0n) is 4.05.